The van der Waals surface area contributed by atoms with Gasteiger partial charge in [0.2, 0.25) is 5.89 Å². The SMILES string of the molecule is c1ccc(-c2ccc(N(c3ccccc3-c3ccc4ccccc4c3)c3cccc4sc5cc6oc(-c7ccccc7)nc6cc5c34)cc2)cc1. The molecule has 0 spiro atoms. The molecule has 8 aromatic carbocycles. The van der Waals surface area contributed by atoms with E-state index < -0.39 is 0 Å². The van der Waals surface area contributed by atoms with Gasteiger partial charge in [0.1, 0.15) is 5.52 Å². The lowest BCUT2D eigenvalue weighted by Crippen LogP contribution is -2.11. The predicted molar refractivity (Wildman–Crippen MR) is 215 cm³/mol. The van der Waals surface area contributed by atoms with Crippen LogP contribution in [0.3, 0.4) is 0 Å². The molecule has 2 aromatic heterocycles. The van der Waals surface area contributed by atoms with Gasteiger partial charge in [-0.2, -0.15) is 0 Å². The largest absolute Gasteiger partial charge is 0.436 e. The Kier molecular flexibility index (Phi) is 7.00. The molecule has 0 aliphatic rings. The van der Waals surface area contributed by atoms with E-state index in [2.05, 4.69) is 157 Å². The molecule has 0 unspecified atom stereocenters. The van der Waals surface area contributed by atoms with Gasteiger partial charge < -0.3 is 9.32 Å². The van der Waals surface area contributed by atoms with E-state index in [0.717, 1.165) is 33.7 Å². The van der Waals surface area contributed by atoms with Crippen molar-refractivity contribution in [1.82, 2.24) is 4.98 Å². The Morgan fingerprint density at radius 3 is 1.96 bits per heavy atom. The van der Waals surface area contributed by atoms with Crippen LogP contribution in [0.25, 0.3) is 75.8 Å². The van der Waals surface area contributed by atoms with Gasteiger partial charge in [-0.05, 0) is 82.1 Å². The number of thiophene rings is 1. The Balaban J connectivity index is 1.20. The molecule has 4 heteroatoms. The van der Waals surface area contributed by atoms with Gasteiger partial charge in [-0.1, -0.05) is 121 Å². The summed E-state index contributed by atoms with van der Waals surface area (Å²) in [6.07, 6.45) is 0. The molecule has 240 valence electrons. The number of hydrogen-bond acceptors (Lipinski definition) is 4. The molecule has 2 heterocycles. The maximum absolute atomic E-state index is 6.30. The summed E-state index contributed by atoms with van der Waals surface area (Å²) in [7, 11) is 0. The highest BCUT2D eigenvalue weighted by Crippen LogP contribution is 2.48. The molecule has 0 fully saturated rings. The van der Waals surface area contributed by atoms with Crippen molar-refractivity contribution in [3.8, 4) is 33.7 Å². The summed E-state index contributed by atoms with van der Waals surface area (Å²) in [5, 5.41) is 4.82. The minimum Gasteiger partial charge on any atom is -0.436 e. The first-order valence-electron chi connectivity index (χ1n) is 17.1. The zero-order chi connectivity index (χ0) is 33.7. The smallest absolute Gasteiger partial charge is 0.227 e. The van der Waals surface area contributed by atoms with Crippen LogP contribution in [-0.4, -0.2) is 4.98 Å². The molecule has 0 amide bonds. The molecule has 3 nitrogen and oxygen atoms in total. The molecule has 51 heavy (non-hydrogen) atoms. The number of para-hydroxylation sites is 1. The van der Waals surface area contributed by atoms with Gasteiger partial charge >= 0.3 is 0 Å². The van der Waals surface area contributed by atoms with Crippen molar-refractivity contribution in [3.05, 3.63) is 182 Å². The fourth-order valence-corrected chi connectivity index (χ4v) is 8.37. The maximum atomic E-state index is 6.30. The molecule has 10 aromatic rings. The van der Waals surface area contributed by atoms with Gasteiger partial charge in [-0.25, -0.2) is 4.98 Å². The first-order chi connectivity index (χ1) is 25.3. The van der Waals surface area contributed by atoms with E-state index in [4.69, 9.17) is 9.40 Å². The monoisotopic (exact) mass is 670 g/mol. The highest BCUT2D eigenvalue weighted by atomic mass is 32.1. The van der Waals surface area contributed by atoms with Crippen LogP contribution in [0.5, 0.6) is 0 Å². The lowest BCUT2D eigenvalue weighted by molar-refractivity contribution is 0.620. The molecule has 0 bridgehead atoms. The highest BCUT2D eigenvalue weighted by Gasteiger charge is 2.22. The van der Waals surface area contributed by atoms with Crippen molar-refractivity contribution in [2.45, 2.75) is 0 Å². The number of rotatable bonds is 6. The topological polar surface area (TPSA) is 29.3 Å². The third kappa shape index (κ3) is 5.16. The second kappa shape index (κ2) is 12.1. The zero-order valence-corrected chi connectivity index (χ0v) is 28.3. The summed E-state index contributed by atoms with van der Waals surface area (Å²) in [5.74, 6) is 0.636. The van der Waals surface area contributed by atoms with Crippen LogP contribution < -0.4 is 4.90 Å². The van der Waals surface area contributed by atoms with Gasteiger partial charge in [0.05, 0.1) is 11.4 Å². The zero-order valence-electron chi connectivity index (χ0n) is 27.5. The lowest BCUT2D eigenvalue weighted by atomic mass is 9.98. The first-order valence-corrected chi connectivity index (χ1v) is 17.9. The molecule has 0 saturated heterocycles. The Hall–Kier alpha value is -6.49. The van der Waals surface area contributed by atoms with Gasteiger partial charge in [0.15, 0.2) is 5.58 Å². The van der Waals surface area contributed by atoms with Crippen molar-refractivity contribution in [2.24, 2.45) is 0 Å². The molecule has 10 rings (SSSR count). The van der Waals surface area contributed by atoms with Crippen LogP contribution in [0.4, 0.5) is 17.1 Å². The quantitative estimate of drug-likeness (QED) is 0.176. The van der Waals surface area contributed by atoms with E-state index >= 15 is 0 Å². The summed E-state index contributed by atoms with van der Waals surface area (Å²) in [6, 6.07) is 64.7. The maximum Gasteiger partial charge on any atom is 0.227 e. The lowest BCUT2D eigenvalue weighted by Gasteiger charge is -2.29. The summed E-state index contributed by atoms with van der Waals surface area (Å²) < 4.78 is 8.69. The third-order valence-corrected chi connectivity index (χ3v) is 10.8. The average molecular weight is 671 g/mol. The molecule has 0 aliphatic carbocycles. The standard InChI is InChI=1S/C47H30N2OS/c1-3-12-31(13-4-1)33-24-26-37(27-25-33)49(41-19-10-9-18-38(41)36-23-22-32-14-7-8-17-35(32)28-36)42-20-11-21-44-46(42)39-29-40-43(30-45(39)51-44)50-47(48-40)34-15-5-2-6-16-34/h1-30H. The van der Waals surface area contributed by atoms with E-state index in [1.54, 1.807) is 11.3 Å². The van der Waals surface area contributed by atoms with Crippen LogP contribution in [0.2, 0.25) is 0 Å². The van der Waals surface area contributed by atoms with Crippen LogP contribution >= 0.6 is 11.3 Å². The van der Waals surface area contributed by atoms with E-state index in [0.29, 0.717) is 5.89 Å². The molecule has 0 atom stereocenters. The van der Waals surface area contributed by atoms with Crippen LogP contribution in [0, 0.1) is 0 Å². The second-order valence-corrected chi connectivity index (χ2v) is 13.9. The number of nitrogens with zero attached hydrogens (tertiary/aromatic N) is 2. The van der Waals surface area contributed by atoms with Gasteiger partial charge in [0.25, 0.3) is 0 Å². The normalized spacial score (nSPS) is 11.5. The summed E-state index contributed by atoms with van der Waals surface area (Å²) >= 11 is 1.79. The van der Waals surface area contributed by atoms with E-state index in [-0.39, 0.29) is 0 Å². The van der Waals surface area contributed by atoms with Crippen molar-refractivity contribution in [2.75, 3.05) is 4.90 Å². The highest BCUT2D eigenvalue weighted by molar-refractivity contribution is 7.26. The fraction of sp³-hybridized carbons (Fsp3) is 0. The Labute approximate surface area is 299 Å². The van der Waals surface area contributed by atoms with Crippen molar-refractivity contribution < 1.29 is 4.42 Å². The van der Waals surface area contributed by atoms with E-state index in [1.807, 2.05) is 30.3 Å². The van der Waals surface area contributed by atoms with Crippen molar-refractivity contribution >= 4 is 70.4 Å². The molecule has 0 aliphatic heterocycles. The number of fused-ring (bicyclic) bond motifs is 5. The Morgan fingerprint density at radius 2 is 1.14 bits per heavy atom. The molecule has 0 radical (unpaired) electrons. The third-order valence-electron chi connectivity index (χ3n) is 9.68. The first kappa shape index (κ1) is 29.4. The van der Waals surface area contributed by atoms with Crippen molar-refractivity contribution in [1.29, 1.82) is 0 Å². The Bertz CT molecular complexity index is 2850. The molecule has 0 N–H and O–H groups in total. The molecule has 0 saturated carbocycles. The number of oxazole rings is 1. The number of anilines is 3. The molecular weight excluding hydrogens is 641 g/mol. The van der Waals surface area contributed by atoms with Crippen LogP contribution in [-0.2, 0) is 0 Å². The van der Waals surface area contributed by atoms with Crippen LogP contribution in [0.15, 0.2) is 186 Å². The van der Waals surface area contributed by atoms with E-state index in [1.165, 1.54) is 53.2 Å². The minimum atomic E-state index is 0.636. The predicted octanol–water partition coefficient (Wildman–Crippen LogP) is 13.8. The summed E-state index contributed by atoms with van der Waals surface area (Å²) in [5.41, 5.74) is 10.7. The minimum absolute atomic E-state index is 0.636. The molecular formula is C47H30N2OS. The number of aromatic nitrogens is 1. The fourth-order valence-electron chi connectivity index (χ4n) is 7.23. The van der Waals surface area contributed by atoms with Gasteiger partial charge in [0, 0.05) is 43.1 Å². The second-order valence-electron chi connectivity index (χ2n) is 12.8. The van der Waals surface area contributed by atoms with Crippen LogP contribution in [0.1, 0.15) is 0 Å². The Morgan fingerprint density at radius 1 is 0.471 bits per heavy atom. The summed E-state index contributed by atoms with van der Waals surface area (Å²) in [4.78, 5) is 7.38. The average Bonchev–Trinajstić information content (AvgIpc) is 3.79. The summed E-state index contributed by atoms with van der Waals surface area (Å²) in [6.45, 7) is 0. The van der Waals surface area contributed by atoms with E-state index in [9.17, 15) is 0 Å². The number of benzene rings is 8. The number of hydrogen-bond donors (Lipinski definition) is 0. The van der Waals surface area contributed by atoms with Crippen molar-refractivity contribution in [3.63, 3.8) is 0 Å². The van der Waals surface area contributed by atoms with Gasteiger partial charge in [-0.3, -0.25) is 0 Å². The van der Waals surface area contributed by atoms with Gasteiger partial charge in [-0.15, -0.1) is 11.3 Å².